The van der Waals surface area contributed by atoms with Gasteiger partial charge in [-0.1, -0.05) is 6.07 Å². The van der Waals surface area contributed by atoms with E-state index in [1.54, 1.807) is 36.4 Å². The number of carbonyl (C=O) groups excluding carboxylic acids is 1. The lowest BCUT2D eigenvalue weighted by Gasteiger charge is -2.21. The molecule has 0 bridgehead atoms. The molecule has 0 unspecified atom stereocenters. The van der Waals surface area contributed by atoms with Gasteiger partial charge < -0.3 is 4.90 Å². The maximum atomic E-state index is 12.9. The lowest BCUT2D eigenvalue weighted by atomic mass is 10.1. The van der Waals surface area contributed by atoms with Gasteiger partial charge in [0.2, 0.25) is 0 Å². The summed E-state index contributed by atoms with van der Waals surface area (Å²) in [5.74, 6) is -0.556. The van der Waals surface area contributed by atoms with Crippen LogP contribution >= 0.6 is 0 Å². The summed E-state index contributed by atoms with van der Waals surface area (Å²) in [4.78, 5) is 14.0. The number of benzene rings is 2. The molecule has 0 fully saturated rings. The van der Waals surface area contributed by atoms with Gasteiger partial charge in [0.1, 0.15) is 5.82 Å². The predicted octanol–water partition coefficient (Wildman–Crippen LogP) is 3.36. The standard InChI is InChI=1S/C16H13FN2O/c1-2-19(15-8-6-14(17)7-9-15)16(20)13-5-3-4-12(10-13)11-18/h3-10H,2H2,1H3. The quantitative estimate of drug-likeness (QED) is 0.856. The monoisotopic (exact) mass is 268 g/mol. The fourth-order valence-electron chi connectivity index (χ4n) is 1.94. The van der Waals surface area contributed by atoms with Crippen LogP contribution in [0.1, 0.15) is 22.8 Å². The first-order valence-electron chi connectivity index (χ1n) is 6.23. The SMILES string of the molecule is CCN(C(=O)c1cccc(C#N)c1)c1ccc(F)cc1. The van der Waals surface area contributed by atoms with Crippen LogP contribution in [0, 0.1) is 17.1 Å². The fourth-order valence-corrected chi connectivity index (χ4v) is 1.94. The summed E-state index contributed by atoms with van der Waals surface area (Å²) in [7, 11) is 0. The molecule has 3 nitrogen and oxygen atoms in total. The third-order valence-corrected chi connectivity index (χ3v) is 2.94. The molecule has 2 aromatic carbocycles. The molecule has 0 aliphatic rings. The summed E-state index contributed by atoms with van der Waals surface area (Å²) in [5.41, 5.74) is 1.50. The molecule has 2 aromatic rings. The minimum absolute atomic E-state index is 0.212. The zero-order chi connectivity index (χ0) is 14.5. The van der Waals surface area contributed by atoms with Crippen LogP contribution in [-0.4, -0.2) is 12.5 Å². The van der Waals surface area contributed by atoms with E-state index in [0.717, 1.165) is 0 Å². The summed E-state index contributed by atoms with van der Waals surface area (Å²) in [6.07, 6.45) is 0. The highest BCUT2D eigenvalue weighted by molar-refractivity contribution is 6.06. The lowest BCUT2D eigenvalue weighted by molar-refractivity contribution is 0.0988. The first-order valence-corrected chi connectivity index (χ1v) is 6.23. The Morgan fingerprint density at radius 2 is 1.95 bits per heavy atom. The normalized spacial score (nSPS) is 9.85. The van der Waals surface area contributed by atoms with Crippen LogP contribution < -0.4 is 4.90 Å². The van der Waals surface area contributed by atoms with Crippen LogP contribution in [0.15, 0.2) is 48.5 Å². The fraction of sp³-hybridized carbons (Fsp3) is 0.125. The number of nitriles is 1. The number of nitrogens with zero attached hydrogens (tertiary/aromatic N) is 2. The second kappa shape index (κ2) is 5.98. The topological polar surface area (TPSA) is 44.1 Å². The molecule has 2 rings (SSSR count). The maximum absolute atomic E-state index is 12.9. The zero-order valence-electron chi connectivity index (χ0n) is 11.0. The molecule has 0 radical (unpaired) electrons. The van der Waals surface area contributed by atoms with Crippen molar-refractivity contribution in [2.24, 2.45) is 0 Å². The third kappa shape index (κ3) is 2.83. The Bertz CT molecular complexity index is 659. The molecule has 0 aliphatic carbocycles. The molecule has 0 atom stereocenters. The molecule has 100 valence electrons. The number of amides is 1. The number of rotatable bonds is 3. The van der Waals surface area contributed by atoms with Gasteiger partial charge in [0, 0.05) is 17.8 Å². The Kier molecular flexibility index (Phi) is 4.11. The Hall–Kier alpha value is -2.67. The van der Waals surface area contributed by atoms with E-state index >= 15 is 0 Å². The number of hydrogen-bond acceptors (Lipinski definition) is 2. The van der Waals surface area contributed by atoms with Crippen LogP contribution in [0.5, 0.6) is 0 Å². The molecular weight excluding hydrogens is 255 g/mol. The van der Waals surface area contributed by atoms with Gasteiger partial charge in [-0.3, -0.25) is 4.79 Å². The van der Waals surface area contributed by atoms with E-state index in [2.05, 4.69) is 0 Å². The van der Waals surface area contributed by atoms with E-state index in [0.29, 0.717) is 23.4 Å². The van der Waals surface area contributed by atoms with Crippen molar-refractivity contribution in [3.8, 4) is 6.07 Å². The van der Waals surface area contributed by atoms with Gasteiger partial charge in [-0.05, 0) is 49.4 Å². The average Bonchev–Trinajstić information content (AvgIpc) is 2.50. The summed E-state index contributed by atoms with van der Waals surface area (Å²) in [6.45, 7) is 2.30. The van der Waals surface area contributed by atoms with Crippen molar-refractivity contribution in [2.75, 3.05) is 11.4 Å². The Morgan fingerprint density at radius 1 is 1.25 bits per heavy atom. The van der Waals surface area contributed by atoms with Gasteiger partial charge in [-0.15, -0.1) is 0 Å². The van der Waals surface area contributed by atoms with Gasteiger partial charge >= 0.3 is 0 Å². The van der Waals surface area contributed by atoms with Crippen LogP contribution in [0.4, 0.5) is 10.1 Å². The maximum Gasteiger partial charge on any atom is 0.258 e. The van der Waals surface area contributed by atoms with Gasteiger partial charge in [-0.25, -0.2) is 4.39 Å². The summed E-state index contributed by atoms with van der Waals surface area (Å²) in [6, 6.07) is 14.3. The number of carbonyl (C=O) groups is 1. The predicted molar refractivity (Wildman–Crippen MR) is 74.9 cm³/mol. The van der Waals surface area contributed by atoms with Crippen molar-refractivity contribution in [3.05, 3.63) is 65.5 Å². The van der Waals surface area contributed by atoms with Crippen molar-refractivity contribution in [2.45, 2.75) is 6.92 Å². The van der Waals surface area contributed by atoms with Crippen molar-refractivity contribution < 1.29 is 9.18 Å². The van der Waals surface area contributed by atoms with E-state index in [9.17, 15) is 9.18 Å². The summed E-state index contributed by atoms with van der Waals surface area (Å²) < 4.78 is 12.9. The van der Waals surface area contributed by atoms with Crippen LogP contribution in [0.3, 0.4) is 0 Å². The van der Waals surface area contributed by atoms with Crippen molar-refractivity contribution in [1.82, 2.24) is 0 Å². The molecule has 0 spiro atoms. The minimum atomic E-state index is -0.344. The van der Waals surface area contributed by atoms with Crippen molar-refractivity contribution in [3.63, 3.8) is 0 Å². The molecule has 20 heavy (non-hydrogen) atoms. The largest absolute Gasteiger partial charge is 0.309 e. The minimum Gasteiger partial charge on any atom is -0.309 e. The van der Waals surface area contributed by atoms with E-state index in [-0.39, 0.29) is 11.7 Å². The molecule has 0 saturated heterocycles. The van der Waals surface area contributed by atoms with Crippen LogP contribution in [-0.2, 0) is 0 Å². The molecule has 0 N–H and O–H groups in total. The second-order valence-corrected chi connectivity index (χ2v) is 4.22. The lowest BCUT2D eigenvalue weighted by Crippen LogP contribution is -2.30. The third-order valence-electron chi connectivity index (χ3n) is 2.94. The summed E-state index contributed by atoms with van der Waals surface area (Å²) >= 11 is 0. The second-order valence-electron chi connectivity index (χ2n) is 4.22. The first-order chi connectivity index (χ1) is 9.65. The van der Waals surface area contributed by atoms with Crippen molar-refractivity contribution in [1.29, 1.82) is 5.26 Å². The molecule has 0 aromatic heterocycles. The highest BCUT2D eigenvalue weighted by atomic mass is 19.1. The van der Waals surface area contributed by atoms with Gasteiger partial charge in [0.15, 0.2) is 0 Å². The smallest absolute Gasteiger partial charge is 0.258 e. The van der Waals surface area contributed by atoms with Gasteiger partial charge in [0.25, 0.3) is 5.91 Å². The molecule has 0 aliphatic heterocycles. The average molecular weight is 268 g/mol. The Balaban J connectivity index is 2.34. The Morgan fingerprint density at radius 3 is 2.55 bits per heavy atom. The van der Waals surface area contributed by atoms with Crippen LogP contribution in [0.2, 0.25) is 0 Å². The number of hydrogen-bond donors (Lipinski definition) is 0. The molecule has 1 amide bonds. The summed E-state index contributed by atoms with van der Waals surface area (Å²) in [5, 5.41) is 8.87. The zero-order valence-corrected chi connectivity index (χ0v) is 11.0. The molecule has 0 heterocycles. The molecule has 4 heteroatoms. The van der Waals surface area contributed by atoms with Crippen LogP contribution in [0.25, 0.3) is 0 Å². The number of halogens is 1. The van der Waals surface area contributed by atoms with E-state index in [4.69, 9.17) is 5.26 Å². The van der Waals surface area contributed by atoms with Crippen molar-refractivity contribution >= 4 is 11.6 Å². The highest BCUT2D eigenvalue weighted by Crippen LogP contribution is 2.18. The highest BCUT2D eigenvalue weighted by Gasteiger charge is 2.16. The van der Waals surface area contributed by atoms with E-state index in [1.165, 1.54) is 17.0 Å². The van der Waals surface area contributed by atoms with E-state index < -0.39 is 0 Å². The van der Waals surface area contributed by atoms with E-state index in [1.807, 2.05) is 13.0 Å². The molecule has 0 saturated carbocycles. The van der Waals surface area contributed by atoms with Gasteiger partial charge in [-0.2, -0.15) is 5.26 Å². The Labute approximate surface area is 116 Å². The first kappa shape index (κ1) is 13.8. The molecular formula is C16H13FN2O. The number of anilines is 1. The van der Waals surface area contributed by atoms with Gasteiger partial charge in [0.05, 0.1) is 11.6 Å².